The molecule has 10 heavy (non-hydrogen) atoms. The van der Waals surface area contributed by atoms with Gasteiger partial charge in [-0.15, -0.1) is 0 Å². The van der Waals surface area contributed by atoms with Gasteiger partial charge in [0.05, 0.1) is 5.60 Å². The van der Waals surface area contributed by atoms with Crippen molar-refractivity contribution in [1.82, 2.24) is 0 Å². The van der Waals surface area contributed by atoms with E-state index in [1.807, 2.05) is 6.92 Å². The van der Waals surface area contributed by atoms with Crippen LogP contribution in [0.25, 0.3) is 0 Å². The first kappa shape index (κ1) is 9.88. The number of aliphatic hydroxyl groups is 1. The van der Waals surface area contributed by atoms with Gasteiger partial charge in [0, 0.05) is 12.5 Å². The van der Waals surface area contributed by atoms with E-state index in [0.717, 1.165) is 6.42 Å². The lowest BCUT2D eigenvalue weighted by molar-refractivity contribution is 0.00951. The van der Waals surface area contributed by atoms with Crippen LogP contribution in [0.3, 0.4) is 0 Å². The van der Waals surface area contributed by atoms with E-state index >= 15 is 0 Å². The molecular formula is C7H18N2O. The van der Waals surface area contributed by atoms with Gasteiger partial charge in [0.1, 0.15) is 0 Å². The van der Waals surface area contributed by atoms with Gasteiger partial charge in [0.25, 0.3) is 0 Å². The van der Waals surface area contributed by atoms with E-state index in [9.17, 15) is 5.11 Å². The first-order chi connectivity index (χ1) is 4.58. The largest absolute Gasteiger partial charge is 0.389 e. The minimum atomic E-state index is -0.788. The van der Waals surface area contributed by atoms with Crippen LogP contribution in [0.4, 0.5) is 0 Å². The molecule has 0 aromatic heterocycles. The summed E-state index contributed by atoms with van der Waals surface area (Å²) in [4.78, 5) is 0. The van der Waals surface area contributed by atoms with Crippen LogP contribution in [0.5, 0.6) is 0 Å². The van der Waals surface area contributed by atoms with Gasteiger partial charge in [-0.2, -0.15) is 0 Å². The lowest BCUT2D eigenvalue weighted by atomic mass is 9.87. The summed E-state index contributed by atoms with van der Waals surface area (Å²) in [7, 11) is 0. The Bertz CT molecular complexity index is 89.6. The van der Waals surface area contributed by atoms with Crippen LogP contribution < -0.4 is 11.5 Å². The van der Waals surface area contributed by atoms with Gasteiger partial charge in [0.2, 0.25) is 0 Å². The summed E-state index contributed by atoms with van der Waals surface area (Å²) in [5.41, 5.74) is 9.99. The molecule has 62 valence electrons. The SMILES string of the molecule is CCC(CN)C(C)(O)CN. The minimum absolute atomic E-state index is 0.123. The van der Waals surface area contributed by atoms with Crippen LogP contribution >= 0.6 is 0 Å². The zero-order valence-corrected chi connectivity index (χ0v) is 6.80. The van der Waals surface area contributed by atoms with Crippen LogP contribution in [-0.2, 0) is 0 Å². The van der Waals surface area contributed by atoms with E-state index in [4.69, 9.17) is 11.5 Å². The van der Waals surface area contributed by atoms with Gasteiger partial charge in [-0.3, -0.25) is 0 Å². The smallest absolute Gasteiger partial charge is 0.0781 e. The van der Waals surface area contributed by atoms with E-state index < -0.39 is 5.60 Å². The standard InChI is InChI=1S/C7H18N2O/c1-3-6(4-8)7(2,10)5-9/h6,10H,3-5,8-9H2,1-2H3. The van der Waals surface area contributed by atoms with E-state index in [-0.39, 0.29) is 12.5 Å². The summed E-state index contributed by atoms with van der Waals surface area (Å²) < 4.78 is 0. The Balaban J connectivity index is 3.97. The summed E-state index contributed by atoms with van der Waals surface area (Å²) in [6.45, 7) is 4.51. The van der Waals surface area contributed by atoms with Gasteiger partial charge in [0.15, 0.2) is 0 Å². The van der Waals surface area contributed by atoms with Crippen molar-refractivity contribution in [3.05, 3.63) is 0 Å². The molecule has 0 aliphatic carbocycles. The summed E-state index contributed by atoms with van der Waals surface area (Å²) in [5.74, 6) is 0.123. The molecule has 0 fully saturated rings. The molecule has 0 heterocycles. The average molecular weight is 146 g/mol. The highest BCUT2D eigenvalue weighted by Gasteiger charge is 2.27. The van der Waals surface area contributed by atoms with Crippen molar-refractivity contribution in [2.45, 2.75) is 25.9 Å². The molecule has 0 aliphatic rings. The maximum atomic E-state index is 9.58. The lowest BCUT2D eigenvalue weighted by Crippen LogP contribution is -2.45. The average Bonchev–Trinajstić information content (AvgIpc) is 1.90. The molecule has 2 atom stereocenters. The molecule has 0 saturated carbocycles. The van der Waals surface area contributed by atoms with Crippen molar-refractivity contribution in [1.29, 1.82) is 0 Å². The third-order valence-electron chi connectivity index (χ3n) is 2.07. The molecule has 0 aliphatic heterocycles. The van der Waals surface area contributed by atoms with Gasteiger partial charge in [-0.1, -0.05) is 6.92 Å². The Morgan fingerprint density at radius 2 is 2.00 bits per heavy atom. The van der Waals surface area contributed by atoms with Crippen LogP contribution in [-0.4, -0.2) is 23.8 Å². The second-order valence-corrected chi connectivity index (χ2v) is 2.90. The Labute approximate surface area is 62.4 Å². The van der Waals surface area contributed by atoms with Crippen molar-refractivity contribution in [2.75, 3.05) is 13.1 Å². The molecule has 5 N–H and O–H groups in total. The summed E-state index contributed by atoms with van der Waals surface area (Å²) in [5, 5.41) is 9.58. The second-order valence-electron chi connectivity index (χ2n) is 2.90. The molecule has 3 nitrogen and oxygen atoms in total. The van der Waals surface area contributed by atoms with Crippen LogP contribution in [0, 0.1) is 5.92 Å². The van der Waals surface area contributed by atoms with Gasteiger partial charge in [-0.25, -0.2) is 0 Å². The highest BCUT2D eigenvalue weighted by atomic mass is 16.3. The summed E-state index contributed by atoms with van der Waals surface area (Å²) in [6.07, 6.45) is 0.876. The Kier molecular flexibility index (Phi) is 3.86. The molecular weight excluding hydrogens is 128 g/mol. The fourth-order valence-electron chi connectivity index (χ4n) is 1.03. The third-order valence-corrected chi connectivity index (χ3v) is 2.07. The van der Waals surface area contributed by atoms with Crippen molar-refractivity contribution in [2.24, 2.45) is 17.4 Å². The predicted octanol–water partition coefficient (Wildman–Crippen LogP) is -0.319. The van der Waals surface area contributed by atoms with Gasteiger partial charge < -0.3 is 16.6 Å². The Morgan fingerprint density at radius 1 is 1.50 bits per heavy atom. The Morgan fingerprint density at radius 3 is 2.10 bits per heavy atom. The maximum Gasteiger partial charge on any atom is 0.0781 e. The molecule has 0 aromatic rings. The van der Waals surface area contributed by atoms with E-state index in [1.54, 1.807) is 6.92 Å². The topological polar surface area (TPSA) is 72.3 Å². The summed E-state index contributed by atoms with van der Waals surface area (Å²) in [6, 6.07) is 0. The van der Waals surface area contributed by atoms with Gasteiger partial charge in [-0.05, 0) is 19.9 Å². The van der Waals surface area contributed by atoms with E-state index in [1.165, 1.54) is 0 Å². The fraction of sp³-hybridized carbons (Fsp3) is 1.00. The normalized spacial score (nSPS) is 20.1. The number of rotatable bonds is 4. The van der Waals surface area contributed by atoms with Crippen molar-refractivity contribution >= 4 is 0 Å². The molecule has 0 aromatic carbocycles. The minimum Gasteiger partial charge on any atom is -0.389 e. The van der Waals surface area contributed by atoms with Gasteiger partial charge >= 0.3 is 0 Å². The molecule has 0 rings (SSSR count). The first-order valence-corrected chi connectivity index (χ1v) is 3.71. The molecule has 0 radical (unpaired) electrons. The molecule has 0 amide bonds. The maximum absolute atomic E-state index is 9.58. The number of nitrogens with two attached hydrogens (primary N) is 2. The summed E-state index contributed by atoms with van der Waals surface area (Å²) >= 11 is 0. The molecule has 0 saturated heterocycles. The molecule has 0 bridgehead atoms. The third kappa shape index (κ3) is 2.25. The van der Waals surface area contributed by atoms with E-state index in [0.29, 0.717) is 6.54 Å². The monoisotopic (exact) mass is 146 g/mol. The first-order valence-electron chi connectivity index (χ1n) is 3.71. The highest BCUT2D eigenvalue weighted by molar-refractivity contribution is 4.82. The highest BCUT2D eigenvalue weighted by Crippen LogP contribution is 2.17. The van der Waals surface area contributed by atoms with Crippen LogP contribution in [0.2, 0.25) is 0 Å². The molecule has 2 unspecified atom stereocenters. The van der Waals surface area contributed by atoms with Crippen molar-refractivity contribution < 1.29 is 5.11 Å². The second kappa shape index (κ2) is 3.91. The Hall–Kier alpha value is -0.120. The van der Waals surface area contributed by atoms with Crippen molar-refractivity contribution in [3.63, 3.8) is 0 Å². The quantitative estimate of drug-likeness (QED) is 0.509. The lowest BCUT2D eigenvalue weighted by Gasteiger charge is -2.29. The van der Waals surface area contributed by atoms with Crippen molar-refractivity contribution in [3.8, 4) is 0 Å². The fourth-order valence-corrected chi connectivity index (χ4v) is 1.03. The number of hydrogen-bond donors (Lipinski definition) is 3. The number of hydrogen-bond acceptors (Lipinski definition) is 3. The van der Waals surface area contributed by atoms with Crippen LogP contribution in [0.15, 0.2) is 0 Å². The van der Waals surface area contributed by atoms with Crippen LogP contribution in [0.1, 0.15) is 20.3 Å². The molecule has 3 heteroatoms. The molecule has 0 spiro atoms. The zero-order valence-electron chi connectivity index (χ0n) is 6.80. The van der Waals surface area contributed by atoms with E-state index in [2.05, 4.69) is 0 Å². The predicted molar refractivity (Wildman–Crippen MR) is 42.5 cm³/mol. The zero-order chi connectivity index (χ0) is 8.20.